The lowest BCUT2D eigenvalue weighted by atomic mass is 9.93. The van der Waals surface area contributed by atoms with Crippen LogP contribution < -0.4 is 10.5 Å². The summed E-state index contributed by atoms with van der Waals surface area (Å²) in [5.74, 6) is 1.43. The van der Waals surface area contributed by atoms with Crippen LogP contribution in [0.2, 0.25) is 0 Å². The summed E-state index contributed by atoms with van der Waals surface area (Å²) in [6.07, 6.45) is 4.04. The van der Waals surface area contributed by atoms with Crippen LogP contribution in [-0.2, 0) is 0 Å². The smallest absolute Gasteiger partial charge is 0.125 e. The van der Waals surface area contributed by atoms with Crippen LogP contribution in [0.25, 0.3) is 6.08 Å². The second-order valence-electron chi connectivity index (χ2n) is 4.21. The number of hydrogen-bond donors (Lipinski definition) is 1. The molecule has 2 heteroatoms. The molecular weight excluding hydrogens is 198 g/mol. The van der Waals surface area contributed by atoms with Crippen LogP contribution in [0.1, 0.15) is 36.5 Å². The summed E-state index contributed by atoms with van der Waals surface area (Å²) in [4.78, 5) is 0. The largest absolute Gasteiger partial charge is 0.496 e. The Morgan fingerprint density at radius 3 is 2.56 bits per heavy atom. The minimum absolute atomic E-state index is 0.437. The van der Waals surface area contributed by atoms with Gasteiger partial charge in [-0.05, 0) is 24.0 Å². The summed E-state index contributed by atoms with van der Waals surface area (Å²) in [6, 6.07) is 4.21. The van der Waals surface area contributed by atoms with Gasteiger partial charge in [0.05, 0.1) is 7.11 Å². The summed E-state index contributed by atoms with van der Waals surface area (Å²) in [6.45, 7) is 6.99. The molecule has 0 amide bonds. The van der Waals surface area contributed by atoms with Crippen molar-refractivity contribution in [1.82, 2.24) is 0 Å². The van der Waals surface area contributed by atoms with Crippen molar-refractivity contribution in [3.05, 3.63) is 34.9 Å². The molecule has 0 spiro atoms. The average Bonchev–Trinajstić information content (AvgIpc) is 2.26. The van der Waals surface area contributed by atoms with Crippen molar-refractivity contribution in [2.45, 2.75) is 26.7 Å². The Morgan fingerprint density at radius 1 is 1.38 bits per heavy atom. The Morgan fingerprint density at radius 2 is 2.06 bits per heavy atom. The molecule has 0 saturated carbocycles. The van der Waals surface area contributed by atoms with Crippen molar-refractivity contribution >= 4 is 6.08 Å². The molecule has 0 atom stereocenters. The van der Waals surface area contributed by atoms with Gasteiger partial charge in [0.1, 0.15) is 5.75 Å². The number of benzene rings is 1. The third-order valence-corrected chi connectivity index (χ3v) is 2.64. The molecular formula is C14H21NO. The quantitative estimate of drug-likeness (QED) is 0.844. The highest BCUT2D eigenvalue weighted by Gasteiger charge is 2.13. The summed E-state index contributed by atoms with van der Waals surface area (Å²) in [5.41, 5.74) is 9.12. The van der Waals surface area contributed by atoms with Gasteiger partial charge in [0.15, 0.2) is 0 Å². The predicted molar refractivity (Wildman–Crippen MR) is 69.9 cm³/mol. The molecule has 2 N–H and O–H groups in total. The zero-order chi connectivity index (χ0) is 12.1. The first-order valence-corrected chi connectivity index (χ1v) is 5.65. The molecule has 1 aromatic rings. The second kappa shape index (κ2) is 5.71. The Hall–Kier alpha value is -1.28. The summed E-state index contributed by atoms with van der Waals surface area (Å²) < 4.78 is 5.49. The second-order valence-corrected chi connectivity index (χ2v) is 4.21. The van der Waals surface area contributed by atoms with Crippen molar-refractivity contribution in [2.24, 2.45) is 5.73 Å². The fraction of sp³-hybridized carbons (Fsp3) is 0.429. The molecule has 0 aromatic heterocycles. The van der Waals surface area contributed by atoms with E-state index in [1.807, 2.05) is 6.08 Å². The van der Waals surface area contributed by atoms with E-state index in [4.69, 9.17) is 10.5 Å². The third-order valence-electron chi connectivity index (χ3n) is 2.64. The topological polar surface area (TPSA) is 35.2 Å². The van der Waals surface area contributed by atoms with Crippen molar-refractivity contribution in [3.63, 3.8) is 0 Å². The van der Waals surface area contributed by atoms with Crippen LogP contribution in [0.5, 0.6) is 5.75 Å². The number of hydrogen-bond acceptors (Lipinski definition) is 2. The van der Waals surface area contributed by atoms with Gasteiger partial charge in [-0.15, -0.1) is 0 Å². The molecule has 2 nitrogen and oxygen atoms in total. The maximum Gasteiger partial charge on any atom is 0.125 e. The highest BCUT2D eigenvalue weighted by molar-refractivity contribution is 5.61. The molecule has 0 heterocycles. The highest BCUT2D eigenvalue weighted by atomic mass is 16.5. The Labute approximate surface area is 98.1 Å². The van der Waals surface area contributed by atoms with Crippen LogP contribution >= 0.6 is 0 Å². The van der Waals surface area contributed by atoms with Crippen LogP contribution in [-0.4, -0.2) is 13.7 Å². The van der Waals surface area contributed by atoms with Gasteiger partial charge < -0.3 is 10.5 Å². The van der Waals surface area contributed by atoms with E-state index < -0.39 is 0 Å². The first-order valence-electron chi connectivity index (χ1n) is 5.65. The number of nitrogens with two attached hydrogens (primary N) is 1. The number of rotatable bonds is 4. The molecule has 0 saturated heterocycles. The van der Waals surface area contributed by atoms with Gasteiger partial charge >= 0.3 is 0 Å². The van der Waals surface area contributed by atoms with E-state index in [9.17, 15) is 0 Å². The molecule has 0 aliphatic rings. The lowest BCUT2D eigenvalue weighted by Gasteiger charge is -2.17. The molecule has 1 aromatic carbocycles. The van der Waals surface area contributed by atoms with Gasteiger partial charge in [0.25, 0.3) is 0 Å². The van der Waals surface area contributed by atoms with E-state index in [0.717, 1.165) is 5.75 Å². The molecule has 0 aliphatic heterocycles. The average molecular weight is 219 g/mol. The van der Waals surface area contributed by atoms with Gasteiger partial charge in [-0.25, -0.2) is 0 Å². The fourth-order valence-corrected chi connectivity index (χ4v) is 1.93. The SMILES string of the molecule is COc1c(C)ccc(/C=C/CN)c1C(C)C. The molecule has 0 unspecified atom stereocenters. The molecule has 88 valence electrons. The van der Waals surface area contributed by atoms with Crippen molar-refractivity contribution in [1.29, 1.82) is 0 Å². The van der Waals surface area contributed by atoms with Crippen LogP contribution in [0.3, 0.4) is 0 Å². The Bertz CT molecular complexity index is 381. The van der Waals surface area contributed by atoms with Crippen molar-refractivity contribution in [2.75, 3.05) is 13.7 Å². The van der Waals surface area contributed by atoms with Gasteiger partial charge in [0, 0.05) is 12.1 Å². The van der Waals surface area contributed by atoms with Crippen LogP contribution in [0.4, 0.5) is 0 Å². The van der Waals surface area contributed by atoms with E-state index in [1.165, 1.54) is 16.7 Å². The Balaban J connectivity index is 3.33. The molecule has 1 rings (SSSR count). The van der Waals surface area contributed by atoms with E-state index in [0.29, 0.717) is 12.5 Å². The molecule has 0 radical (unpaired) electrons. The number of ether oxygens (including phenoxy) is 1. The molecule has 0 bridgehead atoms. The molecule has 0 aliphatic carbocycles. The van der Waals surface area contributed by atoms with Crippen molar-refractivity contribution in [3.8, 4) is 5.75 Å². The summed E-state index contributed by atoms with van der Waals surface area (Å²) >= 11 is 0. The van der Waals surface area contributed by atoms with E-state index in [-0.39, 0.29) is 0 Å². The van der Waals surface area contributed by atoms with E-state index in [2.05, 4.69) is 39.0 Å². The molecule has 16 heavy (non-hydrogen) atoms. The van der Waals surface area contributed by atoms with Gasteiger partial charge in [-0.1, -0.05) is 38.1 Å². The first kappa shape index (κ1) is 12.8. The van der Waals surface area contributed by atoms with E-state index >= 15 is 0 Å². The third kappa shape index (κ3) is 2.64. The molecule has 0 fully saturated rings. The van der Waals surface area contributed by atoms with Gasteiger partial charge in [-0.2, -0.15) is 0 Å². The monoisotopic (exact) mass is 219 g/mol. The zero-order valence-electron chi connectivity index (χ0n) is 10.6. The maximum absolute atomic E-state index is 5.49. The maximum atomic E-state index is 5.49. The predicted octanol–water partition coefficient (Wildman–Crippen LogP) is 3.10. The van der Waals surface area contributed by atoms with Crippen LogP contribution in [0.15, 0.2) is 18.2 Å². The Kier molecular flexibility index (Phi) is 4.56. The minimum atomic E-state index is 0.437. The normalized spacial score (nSPS) is 11.4. The van der Waals surface area contributed by atoms with Gasteiger partial charge in [-0.3, -0.25) is 0 Å². The summed E-state index contributed by atoms with van der Waals surface area (Å²) in [5, 5.41) is 0. The van der Waals surface area contributed by atoms with E-state index in [1.54, 1.807) is 7.11 Å². The fourth-order valence-electron chi connectivity index (χ4n) is 1.93. The van der Waals surface area contributed by atoms with Crippen molar-refractivity contribution < 1.29 is 4.74 Å². The number of aryl methyl sites for hydroxylation is 1. The van der Waals surface area contributed by atoms with Crippen LogP contribution in [0, 0.1) is 6.92 Å². The zero-order valence-corrected chi connectivity index (χ0v) is 10.6. The first-order chi connectivity index (χ1) is 7.61. The number of methoxy groups -OCH3 is 1. The summed E-state index contributed by atoms with van der Waals surface area (Å²) in [7, 11) is 1.73. The highest BCUT2D eigenvalue weighted by Crippen LogP contribution is 2.33. The lowest BCUT2D eigenvalue weighted by molar-refractivity contribution is 0.404. The lowest BCUT2D eigenvalue weighted by Crippen LogP contribution is -2.00. The minimum Gasteiger partial charge on any atom is -0.496 e. The van der Waals surface area contributed by atoms with Gasteiger partial charge in [0.2, 0.25) is 0 Å². The standard InChI is InChI=1S/C14H21NO/c1-10(2)13-12(6-5-9-15)8-7-11(3)14(13)16-4/h5-8,10H,9,15H2,1-4H3/b6-5+.